The van der Waals surface area contributed by atoms with Crippen molar-refractivity contribution in [3.05, 3.63) is 94.0 Å². The van der Waals surface area contributed by atoms with Gasteiger partial charge in [-0.25, -0.2) is 17.2 Å². The van der Waals surface area contributed by atoms with E-state index in [9.17, 15) is 22.0 Å². The number of carbonyl (C=O) groups is 1. The van der Waals surface area contributed by atoms with Crippen LogP contribution in [0.3, 0.4) is 0 Å². The Balaban J connectivity index is 1.42. The van der Waals surface area contributed by atoms with Gasteiger partial charge in [0.25, 0.3) is 0 Å². The Kier molecular flexibility index (Phi) is 7.26. The predicted octanol–water partition coefficient (Wildman–Crippen LogP) is 5.07. The van der Waals surface area contributed by atoms with Crippen molar-refractivity contribution >= 4 is 27.2 Å². The molecular formula is C26H23ClF2O5S. The highest BCUT2D eigenvalue weighted by atomic mass is 35.5. The molecule has 184 valence electrons. The van der Waals surface area contributed by atoms with E-state index >= 15 is 0 Å². The Morgan fingerprint density at radius 1 is 0.971 bits per heavy atom. The summed E-state index contributed by atoms with van der Waals surface area (Å²) in [5.74, 6) is -1.43. The summed E-state index contributed by atoms with van der Waals surface area (Å²) in [4.78, 5) is 12.7. The summed E-state index contributed by atoms with van der Waals surface area (Å²) in [5.41, 5.74) is 0.609. The summed E-state index contributed by atoms with van der Waals surface area (Å²) in [6.07, 6.45) is 0.0950. The topological polar surface area (TPSA) is 69.7 Å². The minimum atomic E-state index is -3.30. The lowest BCUT2D eigenvalue weighted by Crippen LogP contribution is -2.51. The smallest absolute Gasteiger partial charge is 0.180 e. The van der Waals surface area contributed by atoms with E-state index < -0.39 is 27.1 Å². The van der Waals surface area contributed by atoms with Gasteiger partial charge in [-0.15, -0.1) is 0 Å². The molecule has 4 rings (SSSR count). The highest BCUT2D eigenvalue weighted by Crippen LogP contribution is 2.37. The number of hydrogen-bond donors (Lipinski definition) is 0. The summed E-state index contributed by atoms with van der Waals surface area (Å²) in [7, 11) is -3.30. The van der Waals surface area contributed by atoms with E-state index in [1.54, 1.807) is 31.2 Å². The first-order valence-electron chi connectivity index (χ1n) is 11.0. The predicted molar refractivity (Wildman–Crippen MR) is 128 cm³/mol. The van der Waals surface area contributed by atoms with Crippen LogP contribution in [-0.2, 0) is 37.8 Å². The highest BCUT2D eigenvalue weighted by molar-refractivity contribution is 7.91. The minimum absolute atomic E-state index is 0.00127. The van der Waals surface area contributed by atoms with Crippen LogP contribution in [0.15, 0.2) is 65.6 Å². The first kappa shape index (κ1) is 25.3. The third kappa shape index (κ3) is 5.55. The molecule has 5 nitrogen and oxygen atoms in total. The van der Waals surface area contributed by atoms with Crippen molar-refractivity contribution in [1.82, 2.24) is 0 Å². The average Bonchev–Trinajstić information content (AvgIpc) is 2.80. The lowest BCUT2D eigenvalue weighted by atomic mass is 9.91. The molecule has 9 heteroatoms. The third-order valence-electron chi connectivity index (χ3n) is 5.88. The fraction of sp³-hybridized carbons (Fsp3) is 0.269. The molecule has 3 aromatic rings. The van der Waals surface area contributed by atoms with Crippen molar-refractivity contribution in [1.29, 1.82) is 0 Å². The minimum Gasteiger partial charge on any atom is -0.475 e. The van der Waals surface area contributed by atoms with Gasteiger partial charge in [0.05, 0.1) is 28.9 Å². The maximum absolute atomic E-state index is 14.8. The number of ketones is 1. The van der Waals surface area contributed by atoms with E-state index in [1.165, 1.54) is 36.4 Å². The Hall–Kier alpha value is -2.81. The zero-order valence-corrected chi connectivity index (χ0v) is 20.5. The molecule has 0 spiro atoms. The van der Waals surface area contributed by atoms with Crippen molar-refractivity contribution in [2.45, 2.75) is 30.3 Å². The maximum Gasteiger partial charge on any atom is 0.180 e. The molecule has 0 N–H and O–H groups in total. The van der Waals surface area contributed by atoms with Gasteiger partial charge in [-0.2, -0.15) is 0 Å². The van der Waals surface area contributed by atoms with Crippen molar-refractivity contribution in [3.63, 3.8) is 0 Å². The number of Topliss-reactive ketones (excluding diaryl/α,β-unsaturated/α-hetero) is 1. The normalized spacial score (nSPS) is 14.9. The molecule has 35 heavy (non-hydrogen) atoms. The standard InChI is InChI=1S/C26H23ClF2O5S/c1-2-35(31,32)21-7-3-17(4-8-21)11-20(30)12-18-5-10-25(24(29)13-18)34-26(15-33-16-26)19-6-9-22(27)23(28)14-19/h3-10,13-14H,2,11-12,15-16H2,1H3. The quantitative estimate of drug-likeness (QED) is 0.394. The molecule has 3 aromatic carbocycles. The average molecular weight is 521 g/mol. The molecule has 1 fully saturated rings. The molecule has 0 radical (unpaired) electrons. The van der Waals surface area contributed by atoms with Gasteiger partial charge in [0.15, 0.2) is 27.0 Å². The van der Waals surface area contributed by atoms with Crippen LogP contribution in [0.2, 0.25) is 5.02 Å². The molecule has 1 aliphatic heterocycles. The summed E-state index contributed by atoms with van der Waals surface area (Å²) < 4.78 is 63.8. The first-order chi connectivity index (χ1) is 16.6. The highest BCUT2D eigenvalue weighted by Gasteiger charge is 2.44. The van der Waals surface area contributed by atoms with Gasteiger partial charge in [0.1, 0.15) is 11.6 Å². The second-order valence-corrected chi connectivity index (χ2v) is 11.1. The maximum atomic E-state index is 14.8. The van der Waals surface area contributed by atoms with Gasteiger partial charge in [-0.3, -0.25) is 4.79 Å². The van der Waals surface area contributed by atoms with Crippen LogP contribution in [0.5, 0.6) is 5.75 Å². The number of hydrogen-bond acceptors (Lipinski definition) is 5. The Morgan fingerprint density at radius 2 is 1.63 bits per heavy atom. The van der Waals surface area contributed by atoms with Crippen molar-refractivity contribution in [2.75, 3.05) is 19.0 Å². The molecule has 1 aliphatic rings. The number of sulfone groups is 1. The summed E-state index contributed by atoms with van der Waals surface area (Å²) >= 11 is 5.76. The first-order valence-corrected chi connectivity index (χ1v) is 13.0. The van der Waals surface area contributed by atoms with E-state index in [1.807, 2.05) is 0 Å². The van der Waals surface area contributed by atoms with E-state index in [2.05, 4.69) is 0 Å². The lowest BCUT2D eigenvalue weighted by molar-refractivity contribution is -0.169. The molecular weight excluding hydrogens is 498 g/mol. The van der Waals surface area contributed by atoms with E-state index in [0.29, 0.717) is 16.7 Å². The Bertz CT molecular complexity index is 1350. The second kappa shape index (κ2) is 10.0. The molecule has 1 heterocycles. The molecule has 1 saturated heterocycles. The SMILES string of the molecule is CCS(=O)(=O)c1ccc(CC(=O)Cc2ccc(OC3(c4ccc(Cl)c(F)c4)COC3)c(F)c2)cc1. The third-order valence-corrected chi connectivity index (χ3v) is 7.94. The van der Waals surface area contributed by atoms with Gasteiger partial charge in [0, 0.05) is 18.4 Å². The molecule has 0 amide bonds. The number of halogens is 3. The monoisotopic (exact) mass is 520 g/mol. The van der Waals surface area contributed by atoms with Gasteiger partial charge < -0.3 is 9.47 Å². The van der Waals surface area contributed by atoms with Crippen LogP contribution in [-0.4, -0.2) is 33.2 Å². The zero-order valence-electron chi connectivity index (χ0n) is 18.9. The molecule has 0 bridgehead atoms. The summed E-state index contributed by atoms with van der Waals surface area (Å²) in [6.45, 7) is 1.83. The number of benzene rings is 3. The fourth-order valence-corrected chi connectivity index (χ4v) is 4.80. The van der Waals surface area contributed by atoms with Gasteiger partial charge >= 0.3 is 0 Å². The van der Waals surface area contributed by atoms with Crippen molar-refractivity contribution in [3.8, 4) is 5.75 Å². The Morgan fingerprint density at radius 3 is 2.20 bits per heavy atom. The largest absolute Gasteiger partial charge is 0.475 e. The Labute approximate surface area is 207 Å². The van der Waals surface area contributed by atoms with Crippen molar-refractivity contribution in [2.24, 2.45) is 0 Å². The zero-order chi connectivity index (χ0) is 25.2. The van der Waals surface area contributed by atoms with Crippen molar-refractivity contribution < 1.29 is 31.5 Å². The van der Waals surface area contributed by atoms with E-state index in [-0.39, 0.29) is 53.3 Å². The van der Waals surface area contributed by atoms with E-state index in [4.69, 9.17) is 21.1 Å². The molecule has 0 aliphatic carbocycles. The van der Waals surface area contributed by atoms with Gasteiger partial charge in [0.2, 0.25) is 0 Å². The summed E-state index contributed by atoms with van der Waals surface area (Å²) in [6, 6.07) is 14.7. The summed E-state index contributed by atoms with van der Waals surface area (Å²) in [5, 5.41) is -0.0220. The van der Waals surface area contributed by atoms with Crippen LogP contribution < -0.4 is 4.74 Å². The number of ether oxygens (including phenoxy) is 2. The van der Waals surface area contributed by atoms with Crippen LogP contribution in [0.1, 0.15) is 23.6 Å². The molecule has 0 atom stereocenters. The molecule has 0 aromatic heterocycles. The fourth-order valence-electron chi connectivity index (χ4n) is 3.80. The van der Waals surface area contributed by atoms with Crippen LogP contribution in [0.25, 0.3) is 0 Å². The van der Waals surface area contributed by atoms with E-state index in [0.717, 1.165) is 0 Å². The molecule has 0 saturated carbocycles. The van der Waals surface area contributed by atoms with Crippen LogP contribution >= 0.6 is 11.6 Å². The van der Waals surface area contributed by atoms with Gasteiger partial charge in [-0.1, -0.05) is 42.8 Å². The molecule has 0 unspecified atom stereocenters. The lowest BCUT2D eigenvalue weighted by Gasteiger charge is -2.41. The van der Waals surface area contributed by atoms with Crippen LogP contribution in [0, 0.1) is 11.6 Å². The number of carbonyl (C=O) groups excluding carboxylic acids is 1. The second-order valence-electron chi connectivity index (χ2n) is 8.42. The van der Waals surface area contributed by atoms with Crippen LogP contribution in [0.4, 0.5) is 8.78 Å². The van der Waals surface area contributed by atoms with Gasteiger partial charge in [-0.05, 0) is 47.5 Å². The number of rotatable bonds is 9.